The Balaban J connectivity index is 1.08. The van der Waals surface area contributed by atoms with Gasteiger partial charge in [0.2, 0.25) is 0 Å². The van der Waals surface area contributed by atoms with Gasteiger partial charge >= 0.3 is 0 Å². The third-order valence-corrected chi connectivity index (χ3v) is 7.77. The highest BCUT2D eigenvalue weighted by atomic mass is 16.5. The highest BCUT2D eigenvalue weighted by molar-refractivity contribution is 5.75. The lowest BCUT2D eigenvalue weighted by Crippen LogP contribution is -2.20. The van der Waals surface area contributed by atoms with Crippen molar-refractivity contribution in [3.8, 4) is 39.5 Å². The van der Waals surface area contributed by atoms with Crippen LogP contribution in [0.25, 0.3) is 33.8 Å². The molecule has 4 aromatic carbocycles. The van der Waals surface area contributed by atoms with Crippen molar-refractivity contribution in [3.05, 3.63) is 162 Å². The maximum atomic E-state index is 6.31. The quantitative estimate of drug-likeness (QED) is 0.171. The summed E-state index contributed by atoms with van der Waals surface area (Å²) in [5.41, 5.74) is 8.90. The second-order valence-corrected chi connectivity index (χ2v) is 10.8. The molecule has 2 aromatic heterocycles. The molecule has 2 atom stereocenters. The van der Waals surface area contributed by atoms with Crippen LogP contribution in [0.5, 0.6) is 5.75 Å². The molecule has 1 aliphatic rings. The van der Waals surface area contributed by atoms with Gasteiger partial charge in [0, 0.05) is 28.3 Å². The first kappa shape index (κ1) is 27.4. The van der Waals surface area contributed by atoms with Crippen LogP contribution in [-0.2, 0) is 18.0 Å². The van der Waals surface area contributed by atoms with Gasteiger partial charge in [-0.1, -0.05) is 115 Å². The zero-order chi connectivity index (χ0) is 29.6. The van der Waals surface area contributed by atoms with Crippen molar-refractivity contribution in [2.24, 2.45) is 0 Å². The molecule has 0 saturated carbocycles. The lowest BCUT2D eigenvalue weighted by atomic mass is 9.93. The number of ether oxygens (including phenoxy) is 2. The van der Waals surface area contributed by atoms with E-state index >= 15 is 0 Å². The Hall–Kier alpha value is -5.46. The standard InChI is InChI=1S/C38H32N4O2/c1-3-12-27(13-4-1)25-43-37-20-9-7-18-31(37)35-23-33(39-41-35)29-16-11-17-30(22-29)34-24-36(42-40-34)32-19-8-10-21-38(32)44-26-28-14-5-2-6-15-28/h1-24,31,37H,25-26H2,(H,39,41)(H,40,42). The van der Waals surface area contributed by atoms with Gasteiger partial charge in [-0.2, -0.15) is 10.2 Å². The normalized spacial score (nSPS) is 15.8. The molecule has 7 rings (SSSR count). The van der Waals surface area contributed by atoms with Crippen LogP contribution >= 0.6 is 0 Å². The van der Waals surface area contributed by atoms with E-state index in [4.69, 9.17) is 9.47 Å². The molecule has 2 unspecified atom stereocenters. The molecule has 216 valence electrons. The molecule has 6 heteroatoms. The molecular formula is C38H32N4O2. The molecule has 44 heavy (non-hydrogen) atoms. The van der Waals surface area contributed by atoms with Gasteiger partial charge in [0.15, 0.2) is 0 Å². The number of allylic oxidation sites excluding steroid dienone is 2. The lowest BCUT2D eigenvalue weighted by Gasteiger charge is -2.23. The number of benzene rings is 4. The fraction of sp³-hybridized carbons (Fsp3) is 0.105. The maximum absolute atomic E-state index is 6.31. The SMILES string of the molecule is C1=CC(OCc2ccccc2)C(c2cc(-c3cccc(-c4cc(-c5ccccc5OCc5ccccc5)[nH]n4)c3)n[nH]2)C=C1. The van der Waals surface area contributed by atoms with Gasteiger partial charge in [-0.05, 0) is 41.5 Å². The predicted molar refractivity (Wildman–Crippen MR) is 174 cm³/mol. The van der Waals surface area contributed by atoms with Crippen LogP contribution in [0.15, 0.2) is 146 Å². The number of nitrogens with zero attached hydrogens (tertiary/aromatic N) is 2. The Kier molecular flexibility index (Phi) is 7.97. The average Bonchev–Trinajstić information content (AvgIpc) is 3.79. The topological polar surface area (TPSA) is 75.8 Å². The summed E-state index contributed by atoms with van der Waals surface area (Å²) in [4.78, 5) is 0. The fourth-order valence-electron chi connectivity index (χ4n) is 5.44. The number of rotatable bonds is 10. The van der Waals surface area contributed by atoms with Gasteiger partial charge in [-0.15, -0.1) is 0 Å². The van der Waals surface area contributed by atoms with E-state index < -0.39 is 0 Å². The molecule has 0 radical (unpaired) electrons. The number of H-pyrrole nitrogens is 2. The number of hydrogen-bond acceptors (Lipinski definition) is 4. The summed E-state index contributed by atoms with van der Waals surface area (Å²) in [5, 5.41) is 15.8. The van der Waals surface area contributed by atoms with Crippen molar-refractivity contribution in [3.63, 3.8) is 0 Å². The van der Waals surface area contributed by atoms with Crippen molar-refractivity contribution < 1.29 is 9.47 Å². The van der Waals surface area contributed by atoms with Crippen molar-refractivity contribution in [1.29, 1.82) is 0 Å². The number of nitrogens with one attached hydrogen (secondary N) is 2. The van der Waals surface area contributed by atoms with E-state index in [1.165, 1.54) is 0 Å². The van der Waals surface area contributed by atoms with Gasteiger partial charge in [0.25, 0.3) is 0 Å². The van der Waals surface area contributed by atoms with Crippen LogP contribution in [0.3, 0.4) is 0 Å². The number of aromatic nitrogens is 4. The van der Waals surface area contributed by atoms with Crippen molar-refractivity contribution in [1.82, 2.24) is 20.4 Å². The van der Waals surface area contributed by atoms with E-state index in [9.17, 15) is 0 Å². The van der Waals surface area contributed by atoms with E-state index in [1.54, 1.807) is 0 Å². The minimum Gasteiger partial charge on any atom is -0.488 e. The third kappa shape index (κ3) is 6.16. The first-order valence-electron chi connectivity index (χ1n) is 14.8. The molecule has 0 saturated heterocycles. The molecule has 1 aliphatic carbocycles. The van der Waals surface area contributed by atoms with Crippen LogP contribution < -0.4 is 4.74 Å². The minimum atomic E-state index is -0.0816. The number of hydrogen-bond donors (Lipinski definition) is 2. The van der Waals surface area contributed by atoms with E-state index in [0.29, 0.717) is 13.2 Å². The summed E-state index contributed by atoms with van der Waals surface area (Å²) in [5.74, 6) is 0.855. The second kappa shape index (κ2) is 12.8. The monoisotopic (exact) mass is 576 g/mol. The van der Waals surface area contributed by atoms with E-state index in [0.717, 1.165) is 56.3 Å². The molecule has 0 amide bonds. The summed E-state index contributed by atoms with van der Waals surface area (Å²) < 4.78 is 12.5. The maximum Gasteiger partial charge on any atom is 0.129 e. The highest BCUT2D eigenvalue weighted by Gasteiger charge is 2.24. The van der Waals surface area contributed by atoms with Crippen LogP contribution in [0.1, 0.15) is 22.7 Å². The lowest BCUT2D eigenvalue weighted by molar-refractivity contribution is 0.0614. The van der Waals surface area contributed by atoms with Gasteiger partial charge in [0.1, 0.15) is 12.4 Å². The zero-order valence-electron chi connectivity index (χ0n) is 24.1. The molecule has 2 N–H and O–H groups in total. The van der Waals surface area contributed by atoms with Crippen molar-refractivity contribution in [2.45, 2.75) is 25.2 Å². The first-order chi connectivity index (χ1) is 21.8. The van der Waals surface area contributed by atoms with Crippen LogP contribution in [-0.4, -0.2) is 26.5 Å². The number of para-hydroxylation sites is 1. The Bertz CT molecular complexity index is 1890. The largest absolute Gasteiger partial charge is 0.488 e. The Labute approximate surface area is 256 Å². The summed E-state index contributed by atoms with van der Waals surface area (Å²) >= 11 is 0. The Morgan fingerprint density at radius 1 is 0.591 bits per heavy atom. The summed E-state index contributed by atoms with van der Waals surface area (Å²) in [6, 6.07) is 40.9. The zero-order valence-corrected chi connectivity index (χ0v) is 24.1. The Morgan fingerprint density at radius 3 is 2.05 bits per heavy atom. The van der Waals surface area contributed by atoms with Gasteiger partial charge < -0.3 is 9.47 Å². The minimum absolute atomic E-state index is 0.0474. The van der Waals surface area contributed by atoms with Crippen molar-refractivity contribution >= 4 is 0 Å². The molecule has 6 aromatic rings. The first-order valence-corrected chi connectivity index (χ1v) is 14.8. The predicted octanol–water partition coefficient (Wildman–Crippen LogP) is 8.51. The van der Waals surface area contributed by atoms with Gasteiger partial charge in [0.05, 0.1) is 29.8 Å². The second-order valence-electron chi connectivity index (χ2n) is 10.8. The number of aromatic amines is 2. The molecule has 0 bridgehead atoms. The highest BCUT2D eigenvalue weighted by Crippen LogP contribution is 2.34. The average molecular weight is 577 g/mol. The van der Waals surface area contributed by atoms with Crippen LogP contribution in [0, 0.1) is 0 Å². The van der Waals surface area contributed by atoms with Crippen LogP contribution in [0.4, 0.5) is 0 Å². The van der Waals surface area contributed by atoms with Gasteiger partial charge in [-0.25, -0.2) is 0 Å². The molecular weight excluding hydrogens is 544 g/mol. The van der Waals surface area contributed by atoms with E-state index in [1.807, 2.05) is 72.8 Å². The van der Waals surface area contributed by atoms with Crippen molar-refractivity contribution in [2.75, 3.05) is 0 Å². The van der Waals surface area contributed by atoms with E-state index in [-0.39, 0.29) is 12.0 Å². The van der Waals surface area contributed by atoms with Gasteiger partial charge in [-0.3, -0.25) is 10.2 Å². The molecule has 0 aliphatic heterocycles. The summed E-state index contributed by atoms with van der Waals surface area (Å²) in [6.45, 7) is 1.05. The third-order valence-electron chi connectivity index (χ3n) is 7.77. The van der Waals surface area contributed by atoms with E-state index in [2.05, 4.69) is 93.2 Å². The Morgan fingerprint density at radius 2 is 1.25 bits per heavy atom. The fourth-order valence-corrected chi connectivity index (χ4v) is 5.44. The summed E-state index contributed by atoms with van der Waals surface area (Å²) in [6.07, 6.45) is 8.29. The summed E-state index contributed by atoms with van der Waals surface area (Å²) in [7, 11) is 0. The molecule has 0 spiro atoms. The molecule has 0 fully saturated rings. The molecule has 6 nitrogen and oxygen atoms in total. The smallest absolute Gasteiger partial charge is 0.129 e. The van der Waals surface area contributed by atoms with Crippen LogP contribution in [0.2, 0.25) is 0 Å². The molecule has 2 heterocycles.